The maximum absolute atomic E-state index is 12.1. The second-order valence-electron chi connectivity index (χ2n) is 5.20. The molecule has 19 heavy (non-hydrogen) atoms. The van der Waals surface area contributed by atoms with Gasteiger partial charge < -0.3 is 14.7 Å². The average Bonchev–Trinajstić information content (AvgIpc) is 2.32. The zero-order chi connectivity index (χ0) is 14.0. The summed E-state index contributed by atoms with van der Waals surface area (Å²) >= 11 is 0. The number of hydrogen-bond donors (Lipinski definition) is 1. The highest BCUT2D eigenvalue weighted by molar-refractivity contribution is 5.96. The summed E-state index contributed by atoms with van der Waals surface area (Å²) < 4.78 is 5.43. The maximum Gasteiger partial charge on any atom is 0.253 e. The number of aryl methyl sites for hydroxylation is 3. The molecule has 1 aromatic carbocycles. The summed E-state index contributed by atoms with van der Waals surface area (Å²) in [5, 5.41) is 9.00. The number of aliphatic hydroxyl groups is 1. The van der Waals surface area contributed by atoms with E-state index in [1.165, 1.54) is 5.56 Å². The number of benzene rings is 1. The third kappa shape index (κ3) is 2.96. The molecule has 104 valence electrons. The molecule has 4 heteroatoms. The molecule has 1 aromatic rings. The van der Waals surface area contributed by atoms with E-state index in [1.54, 1.807) is 4.90 Å². The van der Waals surface area contributed by atoms with Crippen LogP contribution in [0.3, 0.4) is 0 Å². The van der Waals surface area contributed by atoms with E-state index in [4.69, 9.17) is 9.84 Å². The van der Waals surface area contributed by atoms with Crippen molar-refractivity contribution in [1.82, 2.24) is 0 Å². The Morgan fingerprint density at radius 3 is 2.53 bits per heavy atom. The molecule has 0 bridgehead atoms. The van der Waals surface area contributed by atoms with Crippen molar-refractivity contribution in [1.29, 1.82) is 0 Å². The molecule has 0 spiro atoms. The topological polar surface area (TPSA) is 49.8 Å². The van der Waals surface area contributed by atoms with Crippen molar-refractivity contribution in [2.75, 3.05) is 24.7 Å². The molecule has 1 aliphatic rings. The minimum absolute atomic E-state index is 0.00996. The Hall–Kier alpha value is -1.39. The Balaban J connectivity index is 2.31. The Bertz CT molecular complexity index is 461. The van der Waals surface area contributed by atoms with Crippen LogP contribution in [0.15, 0.2) is 12.1 Å². The summed E-state index contributed by atoms with van der Waals surface area (Å²) in [7, 11) is 0. The molecule has 0 aliphatic carbocycles. The molecule has 1 fully saturated rings. The monoisotopic (exact) mass is 263 g/mol. The van der Waals surface area contributed by atoms with Crippen LogP contribution in [-0.4, -0.2) is 36.9 Å². The largest absolute Gasteiger partial charge is 0.396 e. The first-order chi connectivity index (χ1) is 9.02. The van der Waals surface area contributed by atoms with Gasteiger partial charge >= 0.3 is 0 Å². The van der Waals surface area contributed by atoms with Gasteiger partial charge in [-0.1, -0.05) is 17.7 Å². The van der Waals surface area contributed by atoms with Crippen molar-refractivity contribution in [3.8, 4) is 0 Å². The summed E-state index contributed by atoms with van der Waals surface area (Å²) in [6.45, 7) is 6.80. The lowest BCUT2D eigenvalue weighted by atomic mass is 10.0. The number of nitrogens with zero attached hydrogens (tertiary/aromatic N) is 1. The molecule has 2 rings (SSSR count). The fraction of sp³-hybridized carbons (Fsp3) is 0.533. The third-order valence-electron chi connectivity index (χ3n) is 3.49. The van der Waals surface area contributed by atoms with Gasteiger partial charge in [-0.3, -0.25) is 4.79 Å². The summed E-state index contributed by atoms with van der Waals surface area (Å²) in [5.74, 6) is -0.00996. The minimum atomic E-state index is -0.0807. The number of carbonyl (C=O) groups is 1. The standard InChI is InChI=1S/C15H21NO3/c1-10-6-11(2)15(12(3)7-10)16-8-13(4-5-17)19-9-14(16)18/h6-7,13,17H,4-5,8-9H2,1-3H3. The van der Waals surface area contributed by atoms with E-state index in [0.29, 0.717) is 13.0 Å². The number of rotatable bonds is 3. The lowest BCUT2D eigenvalue weighted by molar-refractivity contribution is -0.129. The molecular weight excluding hydrogens is 242 g/mol. The fourth-order valence-electron chi connectivity index (χ4n) is 2.76. The second-order valence-corrected chi connectivity index (χ2v) is 5.20. The molecule has 1 aliphatic heterocycles. The average molecular weight is 263 g/mol. The van der Waals surface area contributed by atoms with Crippen LogP contribution in [0, 0.1) is 20.8 Å². The number of hydrogen-bond acceptors (Lipinski definition) is 3. The molecule has 1 saturated heterocycles. The van der Waals surface area contributed by atoms with Crippen LogP contribution in [0.5, 0.6) is 0 Å². The molecular formula is C15H21NO3. The molecule has 0 aromatic heterocycles. The second kappa shape index (κ2) is 5.72. The van der Waals surface area contributed by atoms with E-state index < -0.39 is 0 Å². The highest BCUT2D eigenvalue weighted by atomic mass is 16.5. The van der Waals surface area contributed by atoms with Crippen molar-refractivity contribution >= 4 is 11.6 Å². The van der Waals surface area contributed by atoms with Crippen molar-refractivity contribution < 1.29 is 14.6 Å². The first-order valence-electron chi connectivity index (χ1n) is 6.63. The third-order valence-corrected chi connectivity index (χ3v) is 3.49. The predicted octanol–water partition coefficient (Wildman–Crippen LogP) is 1.73. The Morgan fingerprint density at radius 2 is 1.95 bits per heavy atom. The first kappa shape index (κ1) is 14.0. The van der Waals surface area contributed by atoms with Crippen molar-refractivity contribution in [3.63, 3.8) is 0 Å². The van der Waals surface area contributed by atoms with Crippen LogP contribution in [0.1, 0.15) is 23.1 Å². The summed E-state index contributed by atoms with van der Waals surface area (Å²) in [6.07, 6.45) is 0.482. The first-order valence-corrected chi connectivity index (χ1v) is 6.63. The quantitative estimate of drug-likeness (QED) is 0.903. The number of carbonyl (C=O) groups excluding carboxylic acids is 1. The fourth-order valence-corrected chi connectivity index (χ4v) is 2.76. The van der Waals surface area contributed by atoms with Crippen LogP contribution >= 0.6 is 0 Å². The summed E-state index contributed by atoms with van der Waals surface area (Å²) in [6, 6.07) is 4.18. The van der Waals surface area contributed by atoms with Crippen LogP contribution in [0.25, 0.3) is 0 Å². The van der Waals surface area contributed by atoms with Gasteiger partial charge in [0.25, 0.3) is 5.91 Å². The van der Waals surface area contributed by atoms with E-state index in [2.05, 4.69) is 19.1 Å². The summed E-state index contributed by atoms with van der Waals surface area (Å²) in [5.41, 5.74) is 4.40. The highest BCUT2D eigenvalue weighted by Gasteiger charge is 2.28. The van der Waals surface area contributed by atoms with E-state index in [-0.39, 0.29) is 25.2 Å². The smallest absolute Gasteiger partial charge is 0.253 e. The lowest BCUT2D eigenvalue weighted by Crippen LogP contribution is -2.47. The Kier molecular flexibility index (Phi) is 4.22. The molecule has 1 amide bonds. The Morgan fingerprint density at radius 1 is 1.32 bits per heavy atom. The molecule has 0 radical (unpaired) electrons. The minimum Gasteiger partial charge on any atom is -0.396 e. The zero-order valence-electron chi connectivity index (χ0n) is 11.8. The van der Waals surface area contributed by atoms with Crippen molar-refractivity contribution in [2.24, 2.45) is 0 Å². The van der Waals surface area contributed by atoms with Gasteiger partial charge in [0.1, 0.15) is 6.61 Å². The van der Waals surface area contributed by atoms with Gasteiger partial charge in [-0.2, -0.15) is 0 Å². The number of morpholine rings is 1. The SMILES string of the molecule is Cc1cc(C)c(N2CC(CCO)OCC2=O)c(C)c1. The van der Waals surface area contributed by atoms with Crippen LogP contribution in [0.4, 0.5) is 5.69 Å². The van der Waals surface area contributed by atoms with E-state index in [9.17, 15) is 4.79 Å². The van der Waals surface area contributed by atoms with Gasteiger partial charge in [0.15, 0.2) is 0 Å². The molecule has 1 unspecified atom stereocenters. The molecule has 1 N–H and O–H groups in total. The predicted molar refractivity (Wildman–Crippen MR) is 74.4 cm³/mol. The highest BCUT2D eigenvalue weighted by Crippen LogP contribution is 2.28. The lowest BCUT2D eigenvalue weighted by Gasteiger charge is -2.34. The van der Waals surface area contributed by atoms with Gasteiger partial charge in [0.2, 0.25) is 0 Å². The van der Waals surface area contributed by atoms with Crippen LogP contribution in [0.2, 0.25) is 0 Å². The normalized spacial score (nSPS) is 19.9. The number of ether oxygens (including phenoxy) is 1. The molecule has 4 nitrogen and oxygen atoms in total. The molecule has 1 heterocycles. The van der Waals surface area contributed by atoms with E-state index in [1.807, 2.05) is 13.8 Å². The van der Waals surface area contributed by atoms with Crippen molar-refractivity contribution in [3.05, 3.63) is 28.8 Å². The molecule has 1 atom stereocenters. The number of anilines is 1. The molecule has 0 saturated carbocycles. The van der Waals surface area contributed by atoms with Gasteiger partial charge in [-0.25, -0.2) is 0 Å². The van der Waals surface area contributed by atoms with Gasteiger partial charge in [0, 0.05) is 12.3 Å². The summed E-state index contributed by atoms with van der Waals surface area (Å²) in [4.78, 5) is 13.9. The van der Waals surface area contributed by atoms with Gasteiger partial charge in [-0.05, 0) is 38.3 Å². The van der Waals surface area contributed by atoms with Gasteiger partial charge in [-0.15, -0.1) is 0 Å². The number of aliphatic hydroxyl groups excluding tert-OH is 1. The zero-order valence-corrected chi connectivity index (χ0v) is 11.8. The maximum atomic E-state index is 12.1. The van der Waals surface area contributed by atoms with Crippen LogP contribution in [-0.2, 0) is 9.53 Å². The van der Waals surface area contributed by atoms with E-state index in [0.717, 1.165) is 16.8 Å². The number of amides is 1. The van der Waals surface area contributed by atoms with E-state index >= 15 is 0 Å². The van der Waals surface area contributed by atoms with Crippen molar-refractivity contribution in [2.45, 2.75) is 33.3 Å². The van der Waals surface area contributed by atoms with Crippen LogP contribution < -0.4 is 4.90 Å². The van der Waals surface area contributed by atoms with Gasteiger partial charge in [0.05, 0.1) is 12.6 Å². The Labute approximate surface area is 114 Å².